The molecule has 0 aliphatic heterocycles. The van der Waals surface area contributed by atoms with Crippen LogP contribution in [0.5, 0.6) is 0 Å². The minimum absolute atomic E-state index is 0.282. The number of rotatable bonds is 5. The van der Waals surface area contributed by atoms with Gasteiger partial charge in [0.05, 0.1) is 5.75 Å². The molecule has 3 aromatic rings. The van der Waals surface area contributed by atoms with Gasteiger partial charge >= 0.3 is 6.41 Å². The molecule has 0 fully saturated rings. The first kappa shape index (κ1) is 13.4. The summed E-state index contributed by atoms with van der Waals surface area (Å²) in [4.78, 5) is 14.0. The number of aromatic amines is 1. The molecule has 7 heteroatoms. The Hall–Kier alpha value is -2.54. The molecule has 6 nitrogen and oxygen atoms in total. The van der Waals surface area contributed by atoms with Crippen LogP contribution >= 0.6 is 0 Å². The fourth-order valence-corrected chi connectivity index (χ4v) is 3.38. The number of H-pyrrole nitrogens is 1. The smallest absolute Gasteiger partial charge is 0.348 e. The van der Waals surface area contributed by atoms with Crippen LogP contribution in [0.1, 0.15) is 5.56 Å². The third kappa shape index (κ3) is 2.55. The summed E-state index contributed by atoms with van der Waals surface area (Å²) in [6.07, 6.45) is 6.17. The van der Waals surface area contributed by atoms with E-state index in [1.165, 1.54) is 23.5 Å². The molecule has 0 aliphatic carbocycles. The Labute approximate surface area is 121 Å². The Morgan fingerprint density at radius 1 is 1.19 bits per heavy atom. The average Bonchev–Trinajstić information content (AvgIpc) is 3.08. The summed E-state index contributed by atoms with van der Waals surface area (Å²) < 4.78 is 26.4. The number of sulfonamides is 1. The van der Waals surface area contributed by atoms with E-state index in [1.54, 1.807) is 30.5 Å². The predicted octanol–water partition coefficient (Wildman–Crippen LogP) is 1.50. The molecule has 0 spiro atoms. The van der Waals surface area contributed by atoms with Gasteiger partial charge in [0, 0.05) is 24.1 Å². The van der Waals surface area contributed by atoms with Gasteiger partial charge in [-0.2, -0.15) is 0 Å². The number of carbonyl (C=O) groups excluding carboxylic acids is 1. The van der Waals surface area contributed by atoms with E-state index in [0.29, 0.717) is 9.98 Å². The minimum atomic E-state index is -3.84. The zero-order chi connectivity index (χ0) is 14.9. The third-order valence-corrected chi connectivity index (χ3v) is 4.60. The van der Waals surface area contributed by atoms with Gasteiger partial charge in [-0.3, -0.25) is 9.47 Å². The lowest BCUT2D eigenvalue weighted by Crippen LogP contribution is -2.39. The first-order valence-electron chi connectivity index (χ1n) is 6.20. The molecule has 1 N–H and O–H groups in total. The normalized spacial score (nSPS) is 11.6. The van der Waals surface area contributed by atoms with Gasteiger partial charge in [-0.15, -0.1) is 4.41 Å². The zero-order valence-corrected chi connectivity index (χ0v) is 11.7. The second-order valence-corrected chi connectivity index (χ2v) is 6.35. The summed E-state index contributed by atoms with van der Waals surface area (Å²) in [5.74, 6) is -0.282. The SMILES string of the molecule is O=[C]N(n1cccc1)S(=O)(=O)Cc1ccc2cc[nH]c2c1. The largest absolute Gasteiger partial charge is 0.361 e. The van der Waals surface area contributed by atoms with Crippen LogP contribution in [-0.2, 0) is 20.6 Å². The van der Waals surface area contributed by atoms with Gasteiger partial charge in [0.25, 0.3) is 10.0 Å². The molecule has 2 aromatic heterocycles. The fourth-order valence-electron chi connectivity index (χ4n) is 2.15. The number of hydrogen-bond acceptors (Lipinski definition) is 3. The number of aromatic nitrogens is 2. The van der Waals surface area contributed by atoms with Crippen molar-refractivity contribution in [2.75, 3.05) is 4.41 Å². The molecule has 0 saturated carbocycles. The quantitative estimate of drug-likeness (QED) is 0.726. The lowest BCUT2D eigenvalue weighted by molar-refractivity contribution is 0.540. The van der Waals surface area contributed by atoms with Crippen LogP contribution in [0, 0.1) is 0 Å². The second-order valence-electron chi connectivity index (χ2n) is 4.55. The van der Waals surface area contributed by atoms with Crippen LogP contribution < -0.4 is 4.41 Å². The van der Waals surface area contributed by atoms with Crippen molar-refractivity contribution in [2.24, 2.45) is 0 Å². The number of hydrogen-bond donors (Lipinski definition) is 1. The van der Waals surface area contributed by atoms with Crippen LogP contribution in [0.25, 0.3) is 10.9 Å². The van der Waals surface area contributed by atoms with Crippen molar-refractivity contribution in [3.05, 3.63) is 60.6 Å². The molecule has 0 saturated heterocycles. The van der Waals surface area contributed by atoms with E-state index in [4.69, 9.17) is 0 Å². The van der Waals surface area contributed by atoms with Gasteiger partial charge in [0.1, 0.15) is 0 Å². The summed E-state index contributed by atoms with van der Waals surface area (Å²) >= 11 is 0. The van der Waals surface area contributed by atoms with Crippen molar-refractivity contribution >= 4 is 27.3 Å². The van der Waals surface area contributed by atoms with Gasteiger partial charge in [-0.25, -0.2) is 8.42 Å². The first-order chi connectivity index (χ1) is 10.1. The molecule has 2 heterocycles. The van der Waals surface area contributed by atoms with Gasteiger partial charge in [-0.05, 0) is 35.2 Å². The molecule has 1 radical (unpaired) electrons. The maximum Gasteiger partial charge on any atom is 0.348 e. The summed E-state index contributed by atoms with van der Waals surface area (Å²) in [5, 5.41) is 1.00. The van der Waals surface area contributed by atoms with Crippen LogP contribution in [0.15, 0.2) is 55.0 Å². The Kier molecular flexibility index (Phi) is 3.26. The fraction of sp³-hybridized carbons (Fsp3) is 0.0714. The monoisotopic (exact) mass is 302 g/mol. The third-order valence-electron chi connectivity index (χ3n) is 3.11. The van der Waals surface area contributed by atoms with Gasteiger partial charge < -0.3 is 4.98 Å². The van der Waals surface area contributed by atoms with Crippen LogP contribution in [-0.4, -0.2) is 24.5 Å². The molecule has 1 aromatic carbocycles. The maximum atomic E-state index is 12.3. The molecule has 1 amide bonds. The molecule has 107 valence electrons. The topological polar surface area (TPSA) is 75.2 Å². The average molecular weight is 302 g/mol. The van der Waals surface area contributed by atoms with E-state index >= 15 is 0 Å². The Morgan fingerprint density at radius 2 is 1.95 bits per heavy atom. The highest BCUT2D eigenvalue weighted by Crippen LogP contribution is 2.17. The number of benzene rings is 1. The van der Waals surface area contributed by atoms with Crippen LogP contribution in [0.2, 0.25) is 0 Å². The molecule has 21 heavy (non-hydrogen) atoms. The van der Waals surface area contributed by atoms with E-state index in [2.05, 4.69) is 4.98 Å². The number of amides is 1. The summed E-state index contributed by atoms with van der Waals surface area (Å²) in [6, 6.07) is 10.5. The van der Waals surface area contributed by atoms with Crippen molar-refractivity contribution in [1.82, 2.24) is 9.66 Å². The molecule has 0 aliphatic rings. The molecule has 3 rings (SSSR count). The minimum Gasteiger partial charge on any atom is -0.361 e. The van der Waals surface area contributed by atoms with E-state index < -0.39 is 10.0 Å². The summed E-state index contributed by atoms with van der Waals surface area (Å²) in [5.41, 5.74) is 1.45. The van der Waals surface area contributed by atoms with Crippen molar-refractivity contribution in [3.8, 4) is 0 Å². The van der Waals surface area contributed by atoms with Gasteiger partial charge in [0.2, 0.25) is 0 Å². The Morgan fingerprint density at radius 3 is 2.67 bits per heavy atom. The maximum absolute atomic E-state index is 12.3. The van der Waals surface area contributed by atoms with Crippen molar-refractivity contribution in [3.63, 3.8) is 0 Å². The van der Waals surface area contributed by atoms with E-state index in [1.807, 2.05) is 12.1 Å². The Balaban J connectivity index is 1.92. The van der Waals surface area contributed by atoms with Gasteiger partial charge in [0.15, 0.2) is 0 Å². The van der Waals surface area contributed by atoms with E-state index in [-0.39, 0.29) is 5.75 Å². The van der Waals surface area contributed by atoms with Crippen molar-refractivity contribution in [1.29, 1.82) is 0 Å². The first-order valence-corrected chi connectivity index (χ1v) is 7.81. The second kappa shape index (κ2) is 5.10. The highest BCUT2D eigenvalue weighted by Gasteiger charge is 2.23. The van der Waals surface area contributed by atoms with Crippen LogP contribution in [0.4, 0.5) is 0 Å². The standard InChI is InChI=1S/C14H12N3O3S/c18-11-17(16-7-1-2-8-16)21(19,20)10-12-3-4-13-5-6-15-14(13)9-12/h1-9,15H,10H2. The molecule has 0 atom stereocenters. The molecular formula is C14H12N3O3S. The summed E-state index contributed by atoms with van der Waals surface area (Å²) in [6.45, 7) is 0. The Bertz CT molecular complexity index is 866. The zero-order valence-electron chi connectivity index (χ0n) is 10.9. The van der Waals surface area contributed by atoms with E-state index in [0.717, 1.165) is 10.9 Å². The highest BCUT2D eigenvalue weighted by molar-refractivity contribution is 7.92. The lowest BCUT2D eigenvalue weighted by atomic mass is 10.2. The van der Waals surface area contributed by atoms with Gasteiger partial charge in [-0.1, -0.05) is 12.1 Å². The van der Waals surface area contributed by atoms with Crippen LogP contribution in [0.3, 0.4) is 0 Å². The summed E-state index contributed by atoms with van der Waals surface area (Å²) in [7, 11) is -3.84. The molecule has 0 bridgehead atoms. The molecular weight excluding hydrogens is 290 g/mol. The van der Waals surface area contributed by atoms with E-state index in [9.17, 15) is 13.2 Å². The number of nitrogens with one attached hydrogen (secondary N) is 1. The number of fused-ring (bicyclic) bond motifs is 1. The predicted molar refractivity (Wildman–Crippen MR) is 79.3 cm³/mol. The number of nitrogens with zero attached hydrogens (tertiary/aromatic N) is 2. The lowest BCUT2D eigenvalue weighted by Gasteiger charge is -2.17. The highest BCUT2D eigenvalue weighted by atomic mass is 32.2. The van der Waals surface area contributed by atoms with Crippen molar-refractivity contribution < 1.29 is 13.2 Å². The molecule has 0 unspecified atom stereocenters. The van der Waals surface area contributed by atoms with Crippen molar-refractivity contribution in [2.45, 2.75) is 5.75 Å².